The molecule has 26 heavy (non-hydrogen) atoms. The Balaban J connectivity index is 1.34. The number of carbonyl (C=O) groups excluding carboxylic acids is 1. The van der Waals surface area contributed by atoms with Gasteiger partial charge in [-0.15, -0.1) is 0 Å². The Labute approximate surface area is 149 Å². The number of nitrogens with zero attached hydrogens (tertiary/aromatic N) is 4. The van der Waals surface area contributed by atoms with Crippen molar-refractivity contribution in [1.82, 2.24) is 24.8 Å². The van der Waals surface area contributed by atoms with E-state index >= 15 is 0 Å². The van der Waals surface area contributed by atoms with E-state index in [1.54, 1.807) is 24.8 Å². The molecule has 0 aliphatic rings. The lowest BCUT2D eigenvalue weighted by Crippen LogP contribution is -2.20. The van der Waals surface area contributed by atoms with Crippen molar-refractivity contribution in [2.24, 2.45) is 0 Å². The molecular formula is C19H15N5O2. The number of fused-ring (bicyclic) bond motifs is 1. The summed E-state index contributed by atoms with van der Waals surface area (Å²) in [5, 5.41) is 2.80. The molecule has 3 aromatic heterocycles. The standard InChI is InChI=1S/C19H15N5O2/c25-18(7-8-19-23-15-3-1-2-4-16(15)26-19)22-12-14-5-6-17(21-11-14)24-10-9-20-13-24/h1-11,13H,12H2,(H,22,25)/b8-7+. The molecule has 4 rings (SSSR count). The Bertz CT molecular complexity index is 1020. The van der Waals surface area contributed by atoms with Gasteiger partial charge in [-0.25, -0.2) is 15.0 Å². The van der Waals surface area contributed by atoms with E-state index in [2.05, 4.69) is 20.3 Å². The summed E-state index contributed by atoms with van der Waals surface area (Å²) in [6.07, 6.45) is 9.87. The summed E-state index contributed by atoms with van der Waals surface area (Å²) in [5.41, 5.74) is 2.35. The fourth-order valence-corrected chi connectivity index (χ4v) is 2.43. The molecule has 3 heterocycles. The third-order valence-electron chi connectivity index (χ3n) is 3.73. The van der Waals surface area contributed by atoms with Crippen LogP contribution in [0.5, 0.6) is 0 Å². The van der Waals surface area contributed by atoms with Gasteiger partial charge in [-0.05, 0) is 23.8 Å². The molecule has 1 amide bonds. The third-order valence-corrected chi connectivity index (χ3v) is 3.73. The van der Waals surface area contributed by atoms with E-state index in [1.165, 1.54) is 6.08 Å². The van der Waals surface area contributed by atoms with Crippen LogP contribution in [0.4, 0.5) is 0 Å². The van der Waals surface area contributed by atoms with Gasteiger partial charge in [0, 0.05) is 37.3 Å². The van der Waals surface area contributed by atoms with Crippen molar-refractivity contribution in [3.05, 3.63) is 78.8 Å². The first kappa shape index (κ1) is 15.8. The van der Waals surface area contributed by atoms with Gasteiger partial charge in [-0.2, -0.15) is 0 Å². The molecule has 7 nitrogen and oxygen atoms in total. The fraction of sp³-hybridized carbons (Fsp3) is 0.0526. The van der Waals surface area contributed by atoms with Crippen LogP contribution in [-0.4, -0.2) is 25.4 Å². The minimum atomic E-state index is -0.231. The van der Waals surface area contributed by atoms with Crippen molar-refractivity contribution in [3.63, 3.8) is 0 Å². The number of hydrogen-bond donors (Lipinski definition) is 1. The second-order valence-electron chi connectivity index (χ2n) is 5.57. The molecule has 4 aromatic rings. The second-order valence-corrected chi connectivity index (χ2v) is 5.57. The van der Waals surface area contributed by atoms with Crippen molar-refractivity contribution >= 4 is 23.1 Å². The molecule has 0 fully saturated rings. The second kappa shape index (κ2) is 7.02. The quantitative estimate of drug-likeness (QED) is 0.562. The zero-order valence-electron chi connectivity index (χ0n) is 13.7. The van der Waals surface area contributed by atoms with Gasteiger partial charge in [0.1, 0.15) is 17.7 Å². The number of rotatable bonds is 5. The van der Waals surface area contributed by atoms with Crippen LogP contribution in [-0.2, 0) is 11.3 Å². The number of carbonyl (C=O) groups is 1. The molecule has 7 heteroatoms. The number of amides is 1. The first-order valence-electron chi connectivity index (χ1n) is 8.03. The van der Waals surface area contributed by atoms with Crippen molar-refractivity contribution in [3.8, 4) is 5.82 Å². The monoisotopic (exact) mass is 345 g/mol. The predicted octanol–water partition coefficient (Wildman–Crippen LogP) is 2.74. The highest BCUT2D eigenvalue weighted by Crippen LogP contribution is 2.15. The summed E-state index contributed by atoms with van der Waals surface area (Å²) < 4.78 is 7.35. The Kier molecular flexibility index (Phi) is 4.26. The number of nitrogens with one attached hydrogen (secondary N) is 1. The molecule has 0 saturated heterocycles. The lowest BCUT2D eigenvalue weighted by molar-refractivity contribution is -0.116. The molecule has 0 aliphatic heterocycles. The largest absolute Gasteiger partial charge is 0.437 e. The van der Waals surface area contributed by atoms with Gasteiger partial charge in [-0.3, -0.25) is 9.36 Å². The van der Waals surface area contributed by atoms with Crippen LogP contribution in [0.2, 0.25) is 0 Å². The Morgan fingerprint density at radius 1 is 1.23 bits per heavy atom. The van der Waals surface area contributed by atoms with E-state index in [-0.39, 0.29) is 5.91 Å². The van der Waals surface area contributed by atoms with Crippen LogP contribution in [0.3, 0.4) is 0 Å². The number of pyridine rings is 1. The molecule has 0 saturated carbocycles. The summed E-state index contributed by atoms with van der Waals surface area (Å²) in [5.74, 6) is 0.937. The summed E-state index contributed by atoms with van der Waals surface area (Å²) in [6.45, 7) is 0.383. The van der Waals surface area contributed by atoms with Crippen LogP contribution in [0.25, 0.3) is 23.0 Å². The van der Waals surface area contributed by atoms with Gasteiger partial charge in [0.2, 0.25) is 11.8 Å². The normalized spacial score (nSPS) is 11.2. The van der Waals surface area contributed by atoms with Crippen LogP contribution in [0, 0.1) is 0 Å². The summed E-state index contributed by atoms with van der Waals surface area (Å²) in [4.78, 5) is 24.6. The van der Waals surface area contributed by atoms with Gasteiger partial charge < -0.3 is 9.73 Å². The van der Waals surface area contributed by atoms with Gasteiger partial charge in [-0.1, -0.05) is 18.2 Å². The van der Waals surface area contributed by atoms with Crippen LogP contribution in [0.15, 0.2) is 71.8 Å². The SMILES string of the molecule is O=C(/C=C/c1nc2ccccc2o1)NCc1ccc(-n2ccnc2)nc1. The first-order valence-corrected chi connectivity index (χ1v) is 8.03. The van der Waals surface area contributed by atoms with E-state index in [4.69, 9.17) is 4.42 Å². The predicted molar refractivity (Wildman–Crippen MR) is 96.2 cm³/mol. The molecule has 0 radical (unpaired) electrons. The Morgan fingerprint density at radius 3 is 2.92 bits per heavy atom. The molecular weight excluding hydrogens is 330 g/mol. The maximum Gasteiger partial charge on any atom is 0.244 e. The van der Waals surface area contributed by atoms with Crippen molar-refractivity contribution in [2.45, 2.75) is 6.54 Å². The number of aromatic nitrogens is 4. The molecule has 0 aliphatic carbocycles. The fourth-order valence-electron chi connectivity index (χ4n) is 2.43. The van der Waals surface area contributed by atoms with Gasteiger partial charge in [0.05, 0.1) is 0 Å². The number of oxazole rings is 1. The Morgan fingerprint density at radius 2 is 2.15 bits per heavy atom. The maximum atomic E-state index is 12.0. The molecule has 1 N–H and O–H groups in total. The zero-order valence-corrected chi connectivity index (χ0v) is 13.7. The first-order chi connectivity index (χ1) is 12.8. The number of imidazole rings is 1. The van der Waals surface area contributed by atoms with Crippen LogP contribution >= 0.6 is 0 Å². The Hall–Kier alpha value is -3.74. The van der Waals surface area contributed by atoms with E-state index < -0.39 is 0 Å². The summed E-state index contributed by atoms with van der Waals surface area (Å²) >= 11 is 0. The van der Waals surface area contributed by atoms with E-state index in [0.717, 1.165) is 16.9 Å². The molecule has 0 spiro atoms. The number of para-hydroxylation sites is 2. The van der Waals surface area contributed by atoms with E-state index in [0.29, 0.717) is 18.0 Å². The van der Waals surface area contributed by atoms with Gasteiger partial charge in [0.25, 0.3) is 0 Å². The van der Waals surface area contributed by atoms with Crippen molar-refractivity contribution < 1.29 is 9.21 Å². The average molecular weight is 345 g/mol. The lowest BCUT2D eigenvalue weighted by atomic mass is 10.3. The van der Waals surface area contributed by atoms with Crippen LogP contribution in [0.1, 0.15) is 11.5 Å². The van der Waals surface area contributed by atoms with Crippen LogP contribution < -0.4 is 5.32 Å². The molecule has 0 atom stereocenters. The highest BCUT2D eigenvalue weighted by atomic mass is 16.3. The highest BCUT2D eigenvalue weighted by Gasteiger charge is 2.03. The number of hydrogen-bond acceptors (Lipinski definition) is 5. The topological polar surface area (TPSA) is 85.8 Å². The number of benzene rings is 1. The molecule has 0 unspecified atom stereocenters. The average Bonchev–Trinajstić information content (AvgIpc) is 3.34. The minimum absolute atomic E-state index is 0.231. The van der Waals surface area contributed by atoms with Crippen molar-refractivity contribution in [2.75, 3.05) is 0 Å². The smallest absolute Gasteiger partial charge is 0.244 e. The molecule has 128 valence electrons. The zero-order chi connectivity index (χ0) is 17.8. The maximum absolute atomic E-state index is 12.0. The highest BCUT2D eigenvalue weighted by molar-refractivity contribution is 5.91. The third kappa shape index (κ3) is 3.51. The van der Waals surface area contributed by atoms with Gasteiger partial charge in [0.15, 0.2) is 5.58 Å². The van der Waals surface area contributed by atoms with Gasteiger partial charge >= 0.3 is 0 Å². The lowest BCUT2D eigenvalue weighted by Gasteiger charge is -2.04. The molecule has 0 bridgehead atoms. The summed E-state index contributed by atoms with van der Waals surface area (Å²) in [7, 11) is 0. The van der Waals surface area contributed by atoms with E-state index in [9.17, 15) is 4.79 Å². The molecule has 1 aromatic carbocycles. The van der Waals surface area contributed by atoms with E-state index in [1.807, 2.05) is 47.2 Å². The minimum Gasteiger partial charge on any atom is -0.437 e. The van der Waals surface area contributed by atoms with Crippen molar-refractivity contribution in [1.29, 1.82) is 0 Å². The summed E-state index contributed by atoms with van der Waals surface area (Å²) in [6, 6.07) is 11.2.